The summed E-state index contributed by atoms with van der Waals surface area (Å²) in [6.07, 6.45) is 5.64. The van der Waals surface area contributed by atoms with Crippen LogP contribution in [0.3, 0.4) is 0 Å². The third-order valence-corrected chi connectivity index (χ3v) is 5.45. The molecule has 0 amide bonds. The zero-order chi connectivity index (χ0) is 14.4. The van der Waals surface area contributed by atoms with E-state index in [0.29, 0.717) is 11.4 Å². The highest BCUT2D eigenvalue weighted by Crippen LogP contribution is 2.39. The van der Waals surface area contributed by atoms with Crippen molar-refractivity contribution in [2.75, 3.05) is 12.8 Å². The molecular weight excluding hydrogens is 274 g/mol. The Morgan fingerprint density at radius 3 is 2.65 bits per heavy atom. The summed E-state index contributed by atoms with van der Waals surface area (Å²) in [7, 11) is -3.20. The van der Waals surface area contributed by atoms with Crippen LogP contribution >= 0.6 is 0 Å². The SMILES string of the molecule is CS(=O)(=O)c1ccc2nc(C3(CN)CCCC3)[nH]c2c1. The third kappa shape index (κ3) is 2.13. The average Bonchev–Trinajstić information content (AvgIpc) is 3.04. The number of hydrogen-bond acceptors (Lipinski definition) is 4. The first-order valence-corrected chi connectivity index (χ1v) is 8.74. The van der Waals surface area contributed by atoms with Gasteiger partial charge in [0.05, 0.1) is 15.9 Å². The zero-order valence-corrected chi connectivity index (χ0v) is 12.3. The molecule has 2 aromatic rings. The Kier molecular flexibility index (Phi) is 3.10. The van der Waals surface area contributed by atoms with E-state index in [9.17, 15) is 8.42 Å². The smallest absolute Gasteiger partial charge is 0.175 e. The third-order valence-electron chi connectivity index (χ3n) is 4.34. The Morgan fingerprint density at radius 2 is 2.05 bits per heavy atom. The number of H-pyrrole nitrogens is 1. The number of benzene rings is 1. The zero-order valence-electron chi connectivity index (χ0n) is 11.5. The molecule has 1 heterocycles. The fraction of sp³-hybridized carbons (Fsp3) is 0.500. The van der Waals surface area contributed by atoms with Crippen molar-refractivity contribution in [3.8, 4) is 0 Å². The summed E-state index contributed by atoms with van der Waals surface area (Å²) in [6, 6.07) is 5.01. The van der Waals surface area contributed by atoms with Gasteiger partial charge in [0.25, 0.3) is 0 Å². The molecule has 0 saturated heterocycles. The molecule has 0 radical (unpaired) electrons. The summed E-state index contributed by atoms with van der Waals surface area (Å²) in [4.78, 5) is 8.23. The van der Waals surface area contributed by atoms with Gasteiger partial charge in [-0.1, -0.05) is 12.8 Å². The van der Waals surface area contributed by atoms with Crippen molar-refractivity contribution in [1.29, 1.82) is 0 Å². The lowest BCUT2D eigenvalue weighted by atomic mass is 9.85. The molecule has 108 valence electrons. The predicted octanol–water partition coefficient (Wildman–Crippen LogP) is 1.74. The number of nitrogens with one attached hydrogen (secondary N) is 1. The number of hydrogen-bond donors (Lipinski definition) is 2. The molecule has 1 aromatic heterocycles. The fourth-order valence-corrected chi connectivity index (χ4v) is 3.71. The van der Waals surface area contributed by atoms with Gasteiger partial charge in [0.15, 0.2) is 9.84 Å². The van der Waals surface area contributed by atoms with Gasteiger partial charge in [-0.25, -0.2) is 13.4 Å². The molecule has 0 atom stereocenters. The quantitative estimate of drug-likeness (QED) is 0.902. The van der Waals surface area contributed by atoms with Crippen LogP contribution in [-0.4, -0.2) is 31.2 Å². The molecule has 1 fully saturated rings. The van der Waals surface area contributed by atoms with Crippen LogP contribution in [0.5, 0.6) is 0 Å². The van der Waals surface area contributed by atoms with E-state index in [4.69, 9.17) is 5.73 Å². The molecule has 1 aliphatic carbocycles. The van der Waals surface area contributed by atoms with Crippen LogP contribution in [0.15, 0.2) is 23.1 Å². The first-order valence-electron chi connectivity index (χ1n) is 6.85. The Hall–Kier alpha value is -1.40. The van der Waals surface area contributed by atoms with E-state index in [1.54, 1.807) is 18.2 Å². The van der Waals surface area contributed by atoms with E-state index in [-0.39, 0.29) is 5.41 Å². The maximum Gasteiger partial charge on any atom is 0.175 e. The van der Waals surface area contributed by atoms with Crippen molar-refractivity contribution < 1.29 is 8.42 Å². The molecule has 0 unspecified atom stereocenters. The van der Waals surface area contributed by atoms with Crippen LogP contribution in [-0.2, 0) is 15.3 Å². The van der Waals surface area contributed by atoms with Crippen LogP contribution in [0.2, 0.25) is 0 Å². The van der Waals surface area contributed by atoms with Crippen LogP contribution in [0, 0.1) is 0 Å². The highest BCUT2D eigenvalue weighted by Gasteiger charge is 2.37. The van der Waals surface area contributed by atoms with Gasteiger partial charge in [-0.3, -0.25) is 0 Å². The van der Waals surface area contributed by atoms with E-state index >= 15 is 0 Å². The average molecular weight is 293 g/mol. The summed E-state index contributed by atoms with van der Waals surface area (Å²) >= 11 is 0. The molecule has 3 N–H and O–H groups in total. The second-order valence-corrected chi connectivity index (χ2v) is 7.74. The number of aromatic amines is 1. The van der Waals surface area contributed by atoms with Crippen molar-refractivity contribution in [1.82, 2.24) is 9.97 Å². The van der Waals surface area contributed by atoms with Crippen LogP contribution in [0.1, 0.15) is 31.5 Å². The molecular formula is C14H19N3O2S. The van der Waals surface area contributed by atoms with E-state index in [0.717, 1.165) is 29.7 Å². The van der Waals surface area contributed by atoms with Crippen LogP contribution in [0.25, 0.3) is 11.0 Å². The largest absolute Gasteiger partial charge is 0.341 e. The lowest BCUT2D eigenvalue weighted by molar-refractivity contribution is 0.430. The van der Waals surface area contributed by atoms with Gasteiger partial charge in [0, 0.05) is 18.2 Å². The molecule has 1 saturated carbocycles. The lowest BCUT2D eigenvalue weighted by Gasteiger charge is -2.24. The van der Waals surface area contributed by atoms with Crippen LogP contribution < -0.4 is 5.73 Å². The van der Waals surface area contributed by atoms with Gasteiger partial charge in [0.1, 0.15) is 5.82 Å². The fourth-order valence-electron chi connectivity index (χ4n) is 3.06. The maximum atomic E-state index is 11.6. The van der Waals surface area contributed by atoms with Crippen LogP contribution in [0.4, 0.5) is 0 Å². The first-order chi connectivity index (χ1) is 9.44. The van der Waals surface area contributed by atoms with E-state index < -0.39 is 9.84 Å². The molecule has 0 spiro atoms. The molecule has 1 aliphatic rings. The molecule has 20 heavy (non-hydrogen) atoms. The highest BCUT2D eigenvalue weighted by molar-refractivity contribution is 7.90. The molecule has 3 rings (SSSR count). The molecule has 1 aromatic carbocycles. The molecule has 0 aliphatic heterocycles. The second-order valence-electron chi connectivity index (χ2n) is 5.73. The van der Waals surface area contributed by atoms with Gasteiger partial charge in [-0.15, -0.1) is 0 Å². The Labute approximate surface area is 118 Å². The normalized spacial score (nSPS) is 18.7. The van der Waals surface area contributed by atoms with Crippen molar-refractivity contribution in [2.45, 2.75) is 36.0 Å². The molecule has 5 nitrogen and oxygen atoms in total. The number of nitrogens with two attached hydrogens (primary N) is 1. The van der Waals surface area contributed by atoms with E-state index in [2.05, 4.69) is 9.97 Å². The summed E-state index contributed by atoms with van der Waals surface area (Å²) in [5, 5.41) is 0. The summed E-state index contributed by atoms with van der Waals surface area (Å²) in [5.74, 6) is 0.901. The minimum Gasteiger partial charge on any atom is -0.341 e. The number of imidazole rings is 1. The minimum absolute atomic E-state index is 0.0652. The number of fused-ring (bicyclic) bond motifs is 1. The highest BCUT2D eigenvalue weighted by atomic mass is 32.2. The number of nitrogens with zero attached hydrogens (tertiary/aromatic N) is 1. The topological polar surface area (TPSA) is 88.8 Å². The van der Waals surface area contributed by atoms with Gasteiger partial charge in [-0.2, -0.15) is 0 Å². The number of rotatable bonds is 3. The van der Waals surface area contributed by atoms with Gasteiger partial charge in [0.2, 0.25) is 0 Å². The maximum absolute atomic E-state index is 11.6. The molecule has 0 bridgehead atoms. The summed E-state index contributed by atoms with van der Waals surface area (Å²) < 4.78 is 23.2. The Morgan fingerprint density at radius 1 is 1.35 bits per heavy atom. The predicted molar refractivity (Wildman–Crippen MR) is 78.4 cm³/mol. The number of aromatic nitrogens is 2. The summed E-state index contributed by atoms with van der Waals surface area (Å²) in [5.41, 5.74) is 7.47. The monoisotopic (exact) mass is 293 g/mol. The van der Waals surface area contributed by atoms with Gasteiger partial charge < -0.3 is 10.7 Å². The summed E-state index contributed by atoms with van der Waals surface area (Å²) in [6.45, 7) is 0.575. The second kappa shape index (κ2) is 4.56. The minimum atomic E-state index is -3.20. The number of sulfone groups is 1. The van der Waals surface area contributed by atoms with E-state index in [1.165, 1.54) is 19.1 Å². The lowest BCUT2D eigenvalue weighted by Crippen LogP contribution is -2.33. The molecule has 6 heteroatoms. The first kappa shape index (κ1) is 13.6. The standard InChI is InChI=1S/C14H19N3O2S/c1-20(18,19)10-4-5-11-12(8-10)17-13(16-11)14(9-15)6-2-3-7-14/h4-5,8H,2-3,6-7,9,15H2,1H3,(H,16,17). The van der Waals surface area contributed by atoms with Crippen molar-refractivity contribution in [2.24, 2.45) is 5.73 Å². The van der Waals surface area contributed by atoms with E-state index in [1.807, 2.05) is 0 Å². The van der Waals surface area contributed by atoms with Gasteiger partial charge in [-0.05, 0) is 31.0 Å². The van der Waals surface area contributed by atoms with Crippen molar-refractivity contribution in [3.63, 3.8) is 0 Å². The Balaban J connectivity index is 2.11. The van der Waals surface area contributed by atoms with Crippen molar-refractivity contribution >= 4 is 20.9 Å². The van der Waals surface area contributed by atoms with Crippen molar-refractivity contribution in [3.05, 3.63) is 24.0 Å². The van der Waals surface area contributed by atoms with Gasteiger partial charge >= 0.3 is 0 Å². The Bertz CT molecular complexity index is 743.